The summed E-state index contributed by atoms with van der Waals surface area (Å²) < 4.78 is 16.4. The highest BCUT2D eigenvalue weighted by Crippen LogP contribution is 2.36. The highest BCUT2D eigenvalue weighted by atomic mass is 16.5. The highest BCUT2D eigenvalue weighted by molar-refractivity contribution is 5.51. The summed E-state index contributed by atoms with van der Waals surface area (Å²) in [6, 6.07) is 6.44. The Labute approximate surface area is 115 Å². The number of unbranched alkanes of at least 4 members (excludes halogenated alkanes) is 1. The van der Waals surface area contributed by atoms with Gasteiger partial charge in [0.05, 0.1) is 20.8 Å². The van der Waals surface area contributed by atoms with Crippen LogP contribution in [0, 0.1) is 0 Å². The van der Waals surface area contributed by atoms with Gasteiger partial charge in [-0.15, -0.1) is 0 Å². The van der Waals surface area contributed by atoms with Crippen molar-refractivity contribution in [1.82, 2.24) is 5.32 Å². The van der Waals surface area contributed by atoms with E-state index in [1.807, 2.05) is 18.2 Å². The zero-order valence-electron chi connectivity index (χ0n) is 11.8. The van der Waals surface area contributed by atoms with Crippen LogP contribution in [0.2, 0.25) is 0 Å². The number of para-hydroxylation sites is 1. The molecule has 1 fully saturated rings. The molecule has 106 valence electrons. The van der Waals surface area contributed by atoms with Gasteiger partial charge in [0.1, 0.15) is 0 Å². The maximum absolute atomic E-state index is 5.79. The number of methoxy groups -OCH3 is 2. The first-order chi connectivity index (χ1) is 9.35. The average molecular weight is 265 g/mol. The molecule has 1 aromatic carbocycles. The van der Waals surface area contributed by atoms with Crippen LogP contribution in [0.1, 0.15) is 25.7 Å². The van der Waals surface area contributed by atoms with Gasteiger partial charge in [-0.25, -0.2) is 0 Å². The molecule has 4 nitrogen and oxygen atoms in total. The molecule has 2 rings (SSSR count). The van der Waals surface area contributed by atoms with Gasteiger partial charge in [-0.3, -0.25) is 0 Å². The van der Waals surface area contributed by atoms with Crippen LogP contribution in [0.3, 0.4) is 0 Å². The fourth-order valence-corrected chi connectivity index (χ4v) is 1.95. The lowest BCUT2D eigenvalue weighted by atomic mass is 10.3. The number of ether oxygens (including phenoxy) is 3. The lowest BCUT2D eigenvalue weighted by molar-refractivity contribution is 0.268. The number of nitrogens with one attached hydrogen (secondary N) is 1. The molecule has 1 aromatic rings. The Morgan fingerprint density at radius 3 is 2.37 bits per heavy atom. The van der Waals surface area contributed by atoms with Crippen molar-refractivity contribution in [3.63, 3.8) is 0 Å². The van der Waals surface area contributed by atoms with E-state index >= 15 is 0 Å². The summed E-state index contributed by atoms with van der Waals surface area (Å²) in [6.07, 6.45) is 4.85. The molecule has 0 heterocycles. The molecule has 1 saturated carbocycles. The van der Waals surface area contributed by atoms with E-state index in [1.54, 1.807) is 14.2 Å². The molecule has 0 radical (unpaired) electrons. The van der Waals surface area contributed by atoms with Crippen LogP contribution in [0.4, 0.5) is 0 Å². The molecule has 0 unspecified atom stereocenters. The Kier molecular flexibility index (Phi) is 5.33. The third kappa shape index (κ3) is 4.31. The van der Waals surface area contributed by atoms with E-state index in [-0.39, 0.29) is 0 Å². The molecule has 19 heavy (non-hydrogen) atoms. The lowest BCUT2D eigenvalue weighted by Gasteiger charge is -2.14. The van der Waals surface area contributed by atoms with E-state index in [1.165, 1.54) is 12.8 Å². The number of hydrogen-bond acceptors (Lipinski definition) is 4. The number of rotatable bonds is 9. The van der Waals surface area contributed by atoms with E-state index < -0.39 is 0 Å². The second kappa shape index (κ2) is 7.24. The molecule has 0 bridgehead atoms. The summed E-state index contributed by atoms with van der Waals surface area (Å²) in [5.41, 5.74) is 0. The fourth-order valence-electron chi connectivity index (χ4n) is 1.95. The second-order valence-corrected chi connectivity index (χ2v) is 4.78. The normalized spacial score (nSPS) is 14.2. The third-order valence-electron chi connectivity index (χ3n) is 3.21. The number of hydrogen-bond donors (Lipinski definition) is 1. The first kappa shape index (κ1) is 14.0. The van der Waals surface area contributed by atoms with Crippen LogP contribution in [0.25, 0.3) is 0 Å². The topological polar surface area (TPSA) is 39.7 Å². The van der Waals surface area contributed by atoms with E-state index in [0.717, 1.165) is 36.9 Å². The standard InChI is InChI=1S/C15H23NO3/c1-17-13-6-5-7-14(18-2)15(13)19-11-4-3-10-16-12-8-9-12/h5-7,12,16H,3-4,8-11H2,1-2H3. The van der Waals surface area contributed by atoms with Crippen LogP contribution in [-0.4, -0.2) is 33.4 Å². The largest absolute Gasteiger partial charge is 0.493 e. The smallest absolute Gasteiger partial charge is 0.203 e. The van der Waals surface area contributed by atoms with E-state index in [2.05, 4.69) is 5.32 Å². The molecule has 4 heteroatoms. The van der Waals surface area contributed by atoms with Gasteiger partial charge in [0.25, 0.3) is 0 Å². The Hall–Kier alpha value is -1.42. The summed E-state index contributed by atoms with van der Waals surface area (Å²) in [6.45, 7) is 1.76. The van der Waals surface area contributed by atoms with Crippen LogP contribution < -0.4 is 19.5 Å². The molecule has 1 aliphatic rings. The van der Waals surface area contributed by atoms with E-state index in [9.17, 15) is 0 Å². The first-order valence-electron chi connectivity index (χ1n) is 6.92. The summed E-state index contributed by atoms with van der Waals surface area (Å²) >= 11 is 0. The first-order valence-corrected chi connectivity index (χ1v) is 6.92. The Bertz CT molecular complexity index is 369. The average Bonchev–Trinajstić information content (AvgIpc) is 3.26. The van der Waals surface area contributed by atoms with Crippen molar-refractivity contribution in [3.8, 4) is 17.2 Å². The zero-order valence-corrected chi connectivity index (χ0v) is 11.8. The molecular weight excluding hydrogens is 242 g/mol. The van der Waals surface area contributed by atoms with Gasteiger partial charge >= 0.3 is 0 Å². The maximum atomic E-state index is 5.79. The molecule has 1 aliphatic carbocycles. The van der Waals surface area contributed by atoms with Crippen molar-refractivity contribution in [3.05, 3.63) is 18.2 Å². The van der Waals surface area contributed by atoms with Gasteiger partial charge in [0.15, 0.2) is 11.5 Å². The predicted octanol–water partition coefficient (Wildman–Crippen LogP) is 2.61. The van der Waals surface area contributed by atoms with Crippen LogP contribution >= 0.6 is 0 Å². The van der Waals surface area contributed by atoms with Crippen molar-refractivity contribution in [2.45, 2.75) is 31.7 Å². The molecule has 0 spiro atoms. The summed E-state index contributed by atoms with van der Waals surface area (Å²) in [4.78, 5) is 0. The summed E-state index contributed by atoms with van der Waals surface area (Å²) in [5.74, 6) is 2.13. The van der Waals surface area contributed by atoms with Crippen LogP contribution in [0.15, 0.2) is 18.2 Å². The van der Waals surface area contributed by atoms with Gasteiger partial charge in [-0.05, 0) is 44.4 Å². The Morgan fingerprint density at radius 2 is 1.79 bits per heavy atom. The Balaban J connectivity index is 1.74. The number of benzene rings is 1. The van der Waals surface area contributed by atoms with Crippen LogP contribution in [-0.2, 0) is 0 Å². The van der Waals surface area contributed by atoms with Gasteiger partial charge in [0.2, 0.25) is 5.75 Å². The van der Waals surface area contributed by atoms with Crippen LogP contribution in [0.5, 0.6) is 17.2 Å². The highest BCUT2D eigenvalue weighted by Gasteiger charge is 2.19. The van der Waals surface area contributed by atoms with Gasteiger partial charge in [-0.1, -0.05) is 6.07 Å². The predicted molar refractivity (Wildman–Crippen MR) is 75.3 cm³/mol. The molecule has 1 N–H and O–H groups in total. The molecule has 0 atom stereocenters. The van der Waals surface area contributed by atoms with E-state index in [4.69, 9.17) is 14.2 Å². The maximum Gasteiger partial charge on any atom is 0.203 e. The van der Waals surface area contributed by atoms with Crippen molar-refractivity contribution in [2.24, 2.45) is 0 Å². The minimum Gasteiger partial charge on any atom is -0.493 e. The van der Waals surface area contributed by atoms with Gasteiger partial charge < -0.3 is 19.5 Å². The minimum absolute atomic E-state index is 0.684. The summed E-state index contributed by atoms with van der Waals surface area (Å²) in [5, 5.41) is 3.50. The molecule has 0 saturated heterocycles. The van der Waals surface area contributed by atoms with Crippen molar-refractivity contribution < 1.29 is 14.2 Å². The third-order valence-corrected chi connectivity index (χ3v) is 3.21. The van der Waals surface area contributed by atoms with Crippen molar-refractivity contribution >= 4 is 0 Å². The monoisotopic (exact) mass is 265 g/mol. The molecule has 0 amide bonds. The SMILES string of the molecule is COc1cccc(OC)c1OCCCCNC1CC1. The lowest BCUT2D eigenvalue weighted by Crippen LogP contribution is -2.18. The zero-order chi connectivity index (χ0) is 13.5. The molecule has 0 aromatic heterocycles. The Morgan fingerprint density at radius 1 is 1.11 bits per heavy atom. The van der Waals surface area contributed by atoms with Crippen molar-refractivity contribution in [2.75, 3.05) is 27.4 Å². The molecular formula is C15H23NO3. The quantitative estimate of drug-likeness (QED) is 0.697. The van der Waals surface area contributed by atoms with Crippen molar-refractivity contribution in [1.29, 1.82) is 0 Å². The summed E-state index contributed by atoms with van der Waals surface area (Å²) in [7, 11) is 3.28. The van der Waals surface area contributed by atoms with Gasteiger partial charge in [-0.2, -0.15) is 0 Å². The second-order valence-electron chi connectivity index (χ2n) is 4.78. The minimum atomic E-state index is 0.684. The van der Waals surface area contributed by atoms with Gasteiger partial charge in [0, 0.05) is 6.04 Å². The molecule has 0 aliphatic heterocycles. The van der Waals surface area contributed by atoms with E-state index in [0.29, 0.717) is 12.4 Å². The fraction of sp³-hybridized carbons (Fsp3) is 0.600.